The number of amides is 2. The number of benzene rings is 1. The van der Waals surface area contributed by atoms with Gasteiger partial charge in [0.1, 0.15) is 16.9 Å². The standard InChI is InChI=1S/C24H26N6O4S.ClH/c1-34-20-12-26-16-3-2-4-17(21(16)30-20)28-23(32)24(33)9-7-14(8-10-24)25-11-15-5-6-18-22(27-15)29-19(31)13-35-18;/h2-6,12,14,25,33H,7-11,13H2,1H3,(H,28,32)(H,27,29,31);1H. The van der Waals surface area contributed by atoms with E-state index >= 15 is 0 Å². The summed E-state index contributed by atoms with van der Waals surface area (Å²) < 4.78 is 5.15. The van der Waals surface area contributed by atoms with Gasteiger partial charge in [0.15, 0.2) is 0 Å². The summed E-state index contributed by atoms with van der Waals surface area (Å²) in [4.78, 5) is 38.8. The van der Waals surface area contributed by atoms with Gasteiger partial charge in [-0.2, -0.15) is 0 Å². The minimum Gasteiger partial charge on any atom is -0.480 e. The fourth-order valence-corrected chi connectivity index (χ4v) is 5.09. The molecule has 1 aliphatic heterocycles. The highest BCUT2D eigenvalue weighted by molar-refractivity contribution is 8.00. The maximum Gasteiger partial charge on any atom is 0.256 e. The fraction of sp³-hybridized carbons (Fsp3) is 0.375. The van der Waals surface area contributed by atoms with E-state index in [4.69, 9.17) is 4.74 Å². The first kappa shape index (κ1) is 26.1. The number of methoxy groups -OCH3 is 1. The second-order valence-electron chi connectivity index (χ2n) is 8.71. The first-order chi connectivity index (χ1) is 16.9. The Morgan fingerprint density at radius 2 is 2.06 bits per heavy atom. The highest BCUT2D eigenvalue weighted by atomic mass is 35.5. The monoisotopic (exact) mass is 530 g/mol. The number of anilines is 2. The molecule has 0 radical (unpaired) electrons. The Morgan fingerprint density at radius 3 is 2.83 bits per heavy atom. The molecule has 2 aliphatic rings. The van der Waals surface area contributed by atoms with Crippen LogP contribution in [0.5, 0.6) is 5.88 Å². The molecule has 1 saturated carbocycles. The van der Waals surface area contributed by atoms with Crippen molar-refractivity contribution in [3.8, 4) is 5.88 Å². The van der Waals surface area contributed by atoms with Crippen molar-refractivity contribution in [3.63, 3.8) is 0 Å². The van der Waals surface area contributed by atoms with E-state index in [0.717, 1.165) is 10.6 Å². The van der Waals surface area contributed by atoms with Crippen LogP contribution in [-0.4, -0.2) is 56.4 Å². The van der Waals surface area contributed by atoms with E-state index in [1.54, 1.807) is 18.2 Å². The molecule has 3 aromatic rings. The van der Waals surface area contributed by atoms with E-state index in [2.05, 4.69) is 30.9 Å². The lowest BCUT2D eigenvalue weighted by Crippen LogP contribution is -2.48. The summed E-state index contributed by atoms with van der Waals surface area (Å²) in [7, 11) is 1.50. The Bertz CT molecular complexity index is 1280. The molecule has 1 aliphatic carbocycles. The molecule has 12 heteroatoms. The summed E-state index contributed by atoms with van der Waals surface area (Å²) in [6, 6.07) is 9.39. The first-order valence-electron chi connectivity index (χ1n) is 11.4. The number of hydrogen-bond acceptors (Lipinski definition) is 9. The molecule has 3 heterocycles. The number of fused-ring (bicyclic) bond motifs is 2. The smallest absolute Gasteiger partial charge is 0.256 e. The molecule has 0 spiro atoms. The summed E-state index contributed by atoms with van der Waals surface area (Å²) in [6.45, 7) is 0.541. The number of aromatic nitrogens is 3. The number of hydrogen-bond donors (Lipinski definition) is 4. The number of carbonyl (C=O) groups excluding carboxylic acids is 2. The van der Waals surface area contributed by atoms with Gasteiger partial charge in [-0.05, 0) is 49.9 Å². The second kappa shape index (κ2) is 11.0. The zero-order valence-corrected chi connectivity index (χ0v) is 21.2. The molecule has 1 fully saturated rings. The van der Waals surface area contributed by atoms with Gasteiger partial charge in [0.25, 0.3) is 5.91 Å². The van der Waals surface area contributed by atoms with Crippen LogP contribution in [0.1, 0.15) is 31.4 Å². The molecule has 0 unspecified atom stereocenters. The van der Waals surface area contributed by atoms with Gasteiger partial charge in [-0.15, -0.1) is 24.2 Å². The molecule has 2 aromatic heterocycles. The number of halogens is 1. The van der Waals surface area contributed by atoms with Crippen LogP contribution in [0.25, 0.3) is 11.0 Å². The van der Waals surface area contributed by atoms with Crippen molar-refractivity contribution in [2.75, 3.05) is 23.5 Å². The van der Waals surface area contributed by atoms with Crippen LogP contribution in [-0.2, 0) is 16.1 Å². The van der Waals surface area contributed by atoms with Crippen molar-refractivity contribution in [1.82, 2.24) is 20.3 Å². The highest BCUT2D eigenvalue weighted by Crippen LogP contribution is 2.32. The maximum absolute atomic E-state index is 13.0. The molecule has 0 saturated heterocycles. The highest BCUT2D eigenvalue weighted by Gasteiger charge is 2.40. The number of rotatable bonds is 6. The Kier molecular flexibility index (Phi) is 7.94. The van der Waals surface area contributed by atoms with Gasteiger partial charge in [0, 0.05) is 12.6 Å². The van der Waals surface area contributed by atoms with Crippen LogP contribution in [0.3, 0.4) is 0 Å². The largest absolute Gasteiger partial charge is 0.480 e. The fourth-order valence-electron chi connectivity index (χ4n) is 4.33. The molecular weight excluding hydrogens is 504 g/mol. The van der Waals surface area contributed by atoms with Crippen LogP contribution in [0, 0.1) is 0 Å². The summed E-state index contributed by atoms with van der Waals surface area (Å²) in [5.74, 6) is 0.875. The third-order valence-electron chi connectivity index (χ3n) is 6.35. The Balaban J connectivity index is 0.00000304. The van der Waals surface area contributed by atoms with Crippen LogP contribution in [0.4, 0.5) is 11.5 Å². The maximum atomic E-state index is 13.0. The predicted octanol–water partition coefficient (Wildman–Crippen LogP) is 2.90. The summed E-state index contributed by atoms with van der Waals surface area (Å²) in [5.41, 5.74) is 0.982. The van der Waals surface area contributed by atoms with Crippen LogP contribution >= 0.6 is 24.2 Å². The van der Waals surface area contributed by atoms with Crippen LogP contribution < -0.4 is 20.7 Å². The van der Waals surface area contributed by atoms with Crippen molar-refractivity contribution < 1.29 is 19.4 Å². The Morgan fingerprint density at radius 1 is 1.25 bits per heavy atom. The van der Waals surface area contributed by atoms with E-state index < -0.39 is 11.5 Å². The SMILES string of the molecule is COc1cnc2cccc(NC(=O)C3(O)CCC(NCc4ccc5c(n4)NC(=O)CS5)CC3)c2n1.Cl. The molecule has 4 N–H and O–H groups in total. The minimum absolute atomic E-state index is 0. The topological polar surface area (TPSA) is 138 Å². The number of pyridine rings is 1. The van der Waals surface area contributed by atoms with E-state index in [1.165, 1.54) is 25.1 Å². The van der Waals surface area contributed by atoms with E-state index in [9.17, 15) is 14.7 Å². The van der Waals surface area contributed by atoms with E-state index in [0.29, 0.717) is 66.4 Å². The van der Waals surface area contributed by atoms with Gasteiger partial charge in [0.2, 0.25) is 11.8 Å². The lowest BCUT2D eigenvalue weighted by atomic mass is 9.81. The van der Waals surface area contributed by atoms with Crippen molar-refractivity contribution in [3.05, 3.63) is 42.2 Å². The molecule has 0 atom stereocenters. The zero-order valence-electron chi connectivity index (χ0n) is 19.6. The predicted molar refractivity (Wildman–Crippen MR) is 140 cm³/mol. The third-order valence-corrected chi connectivity index (χ3v) is 7.39. The molecule has 190 valence electrons. The van der Waals surface area contributed by atoms with Crippen molar-refractivity contribution >= 4 is 58.5 Å². The summed E-state index contributed by atoms with van der Waals surface area (Å²) in [6.07, 6.45) is 3.47. The van der Waals surface area contributed by atoms with Crippen molar-refractivity contribution in [2.24, 2.45) is 0 Å². The van der Waals surface area contributed by atoms with Gasteiger partial charge in [-0.1, -0.05) is 6.07 Å². The normalized spacial score (nSPS) is 21.2. The van der Waals surface area contributed by atoms with Crippen LogP contribution in [0.15, 0.2) is 41.4 Å². The number of ether oxygens (including phenoxy) is 1. The number of aliphatic hydroxyl groups is 1. The average molecular weight is 531 g/mol. The number of para-hydroxylation sites is 1. The van der Waals surface area contributed by atoms with Gasteiger partial charge in [-0.3, -0.25) is 9.59 Å². The first-order valence-corrected chi connectivity index (χ1v) is 12.4. The van der Waals surface area contributed by atoms with Gasteiger partial charge in [-0.25, -0.2) is 15.0 Å². The third kappa shape index (κ3) is 5.54. The number of nitrogens with zero attached hydrogens (tertiary/aromatic N) is 3. The molecule has 0 bridgehead atoms. The van der Waals surface area contributed by atoms with Crippen LogP contribution in [0.2, 0.25) is 0 Å². The molecule has 36 heavy (non-hydrogen) atoms. The Hall–Kier alpha value is -2.99. The van der Waals surface area contributed by atoms with Gasteiger partial charge in [0.05, 0.1) is 40.9 Å². The molecule has 10 nitrogen and oxygen atoms in total. The minimum atomic E-state index is -1.46. The van der Waals surface area contributed by atoms with Gasteiger partial charge >= 0.3 is 0 Å². The zero-order chi connectivity index (χ0) is 24.4. The van der Waals surface area contributed by atoms with E-state index in [-0.39, 0.29) is 24.4 Å². The number of thioether (sulfide) groups is 1. The average Bonchev–Trinajstić information content (AvgIpc) is 2.88. The number of nitrogens with one attached hydrogen (secondary N) is 3. The molecule has 5 rings (SSSR count). The van der Waals surface area contributed by atoms with E-state index in [1.807, 2.05) is 12.1 Å². The van der Waals surface area contributed by atoms with Gasteiger partial charge < -0.3 is 25.8 Å². The number of carbonyl (C=O) groups is 2. The summed E-state index contributed by atoms with van der Waals surface area (Å²) in [5, 5.41) is 20.2. The lowest BCUT2D eigenvalue weighted by molar-refractivity contribution is -0.137. The van der Waals surface area contributed by atoms with Crippen molar-refractivity contribution in [2.45, 2.75) is 48.8 Å². The lowest BCUT2D eigenvalue weighted by Gasteiger charge is -2.35. The molecule has 1 aromatic carbocycles. The van der Waals surface area contributed by atoms with Crippen molar-refractivity contribution in [1.29, 1.82) is 0 Å². The molecule has 2 amide bonds. The second-order valence-corrected chi connectivity index (χ2v) is 9.73. The quantitative estimate of drug-likeness (QED) is 0.379. The summed E-state index contributed by atoms with van der Waals surface area (Å²) >= 11 is 1.48. The molecular formula is C24H27ClN6O4S. The Labute approximate surface area is 218 Å².